The van der Waals surface area contributed by atoms with Gasteiger partial charge in [0.05, 0.1) is 18.7 Å². The van der Waals surface area contributed by atoms with Crippen molar-refractivity contribution in [2.75, 3.05) is 7.11 Å². The van der Waals surface area contributed by atoms with E-state index in [1.165, 1.54) is 36.6 Å². The van der Waals surface area contributed by atoms with Crippen molar-refractivity contribution in [1.29, 1.82) is 0 Å². The highest BCUT2D eigenvalue weighted by Gasteiger charge is 2.27. The second-order valence-electron chi connectivity index (χ2n) is 13.2. The van der Waals surface area contributed by atoms with Crippen LogP contribution < -0.4 is 26.0 Å². The van der Waals surface area contributed by atoms with E-state index in [0.29, 0.717) is 5.56 Å². The number of fused-ring (bicyclic) bond motifs is 1. The first-order valence-electron chi connectivity index (χ1n) is 15.6. The fourth-order valence-corrected chi connectivity index (χ4v) is 4.45. The number of benzene rings is 2. The molecule has 3 rings (SSSR count). The minimum Gasteiger partial charge on any atom is -0.507 e. The van der Waals surface area contributed by atoms with Gasteiger partial charge in [0.15, 0.2) is 0 Å². The monoisotopic (exact) mass is 698 g/mol. The maximum Gasteiger partial charge on any atom is 0.514 e. The van der Waals surface area contributed by atoms with Gasteiger partial charge >= 0.3 is 24.1 Å². The average molecular weight is 699 g/mol. The number of amides is 1. The van der Waals surface area contributed by atoms with Crippen molar-refractivity contribution in [1.82, 2.24) is 5.32 Å². The standard InChI is InChI=1S/C35H42N2O13/c1-34(2,3)49-28(40)14-12-23(36)31(42)37-24(32(43)45-7)13-15-27(39)47-20-10-8-19(9-11-20)22-18-46-26-17-21(16-25(38)29(26)30(22)41)48-33(44)50-35(4,5)6/h8-11,16-18,23-24,38H,12-15,36H2,1-7H3,(H,37,42)/t23-,24-/m1/s1. The van der Waals surface area contributed by atoms with Crippen LogP contribution in [-0.2, 0) is 33.4 Å². The summed E-state index contributed by atoms with van der Waals surface area (Å²) in [7, 11) is 1.12. The highest BCUT2D eigenvalue weighted by atomic mass is 16.7. The highest BCUT2D eigenvalue weighted by molar-refractivity contribution is 5.89. The van der Waals surface area contributed by atoms with Gasteiger partial charge in [-0.05, 0) is 72.1 Å². The maximum atomic E-state index is 13.3. The van der Waals surface area contributed by atoms with Crippen LogP contribution in [0.25, 0.3) is 22.1 Å². The highest BCUT2D eigenvalue weighted by Crippen LogP contribution is 2.31. The number of nitrogens with two attached hydrogens (primary N) is 1. The summed E-state index contributed by atoms with van der Waals surface area (Å²) < 4.78 is 31.0. The molecule has 50 heavy (non-hydrogen) atoms. The van der Waals surface area contributed by atoms with E-state index in [1.54, 1.807) is 41.5 Å². The zero-order valence-corrected chi connectivity index (χ0v) is 28.9. The van der Waals surface area contributed by atoms with E-state index in [2.05, 4.69) is 5.32 Å². The molecule has 0 aliphatic heterocycles. The van der Waals surface area contributed by atoms with Crippen LogP contribution in [0.1, 0.15) is 67.2 Å². The van der Waals surface area contributed by atoms with Gasteiger partial charge in [-0.1, -0.05) is 12.1 Å². The third-order valence-electron chi connectivity index (χ3n) is 6.67. The molecular weight excluding hydrogens is 656 g/mol. The Balaban J connectivity index is 1.62. The number of phenols is 1. The summed E-state index contributed by atoms with van der Waals surface area (Å²) in [4.78, 5) is 74.7. The first-order valence-corrected chi connectivity index (χ1v) is 15.6. The molecule has 0 aliphatic rings. The summed E-state index contributed by atoms with van der Waals surface area (Å²) >= 11 is 0. The first-order chi connectivity index (χ1) is 23.3. The Kier molecular flexibility index (Phi) is 12.7. The van der Waals surface area contributed by atoms with Gasteiger partial charge in [0.2, 0.25) is 11.3 Å². The smallest absolute Gasteiger partial charge is 0.507 e. The molecule has 1 amide bonds. The fourth-order valence-electron chi connectivity index (χ4n) is 4.45. The van der Waals surface area contributed by atoms with E-state index in [-0.39, 0.29) is 53.7 Å². The molecule has 0 aliphatic carbocycles. The van der Waals surface area contributed by atoms with Crippen molar-refractivity contribution in [2.24, 2.45) is 5.73 Å². The number of nitrogens with one attached hydrogen (secondary N) is 1. The van der Waals surface area contributed by atoms with E-state index < -0.39 is 64.4 Å². The zero-order valence-electron chi connectivity index (χ0n) is 28.9. The second kappa shape index (κ2) is 16.3. The molecule has 15 heteroatoms. The molecule has 0 saturated heterocycles. The molecule has 0 saturated carbocycles. The summed E-state index contributed by atoms with van der Waals surface area (Å²) in [6.45, 7) is 10.1. The number of rotatable bonds is 12. The number of hydrogen-bond donors (Lipinski definition) is 3. The maximum absolute atomic E-state index is 13.3. The average Bonchev–Trinajstić information content (AvgIpc) is 3.00. The van der Waals surface area contributed by atoms with Crippen LogP contribution >= 0.6 is 0 Å². The van der Waals surface area contributed by atoms with Gasteiger partial charge in [-0.2, -0.15) is 0 Å². The topological polar surface area (TPSA) is 220 Å². The van der Waals surface area contributed by atoms with Crippen LogP contribution in [0.3, 0.4) is 0 Å². The van der Waals surface area contributed by atoms with Crippen molar-refractivity contribution in [2.45, 2.75) is 90.5 Å². The molecule has 0 unspecified atom stereocenters. The third kappa shape index (κ3) is 11.6. The van der Waals surface area contributed by atoms with Crippen molar-refractivity contribution in [3.63, 3.8) is 0 Å². The summed E-state index contributed by atoms with van der Waals surface area (Å²) in [6.07, 6.45) is -0.419. The van der Waals surface area contributed by atoms with Crippen LogP contribution in [0.4, 0.5) is 4.79 Å². The Morgan fingerprint density at radius 1 is 0.860 bits per heavy atom. The number of ether oxygens (including phenoxy) is 5. The number of hydrogen-bond acceptors (Lipinski definition) is 14. The van der Waals surface area contributed by atoms with Gasteiger partial charge in [0.1, 0.15) is 51.7 Å². The lowest BCUT2D eigenvalue weighted by Crippen LogP contribution is -2.49. The molecule has 0 radical (unpaired) electrons. The molecule has 1 heterocycles. The van der Waals surface area contributed by atoms with E-state index in [1.807, 2.05) is 0 Å². The number of esters is 3. The Morgan fingerprint density at radius 2 is 1.48 bits per heavy atom. The van der Waals surface area contributed by atoms with Gasteiger partial charge in [-0.25, -0.2) is 9.59 Å². The first kappa shape index (κ1) is 39.0. The lowest BCUT2D eigenvalue weighted by Gasteiger charge is -2.21. The van der Waals surface area contributed by atoms with Crippen molar-refractivity contribution in [3.05, 3.63) is 52.9 Å². The molecule has 1 aromatic heterocycles. The molecule has 270 valence electrons. The van der Waals surface area contributed by atoms with Gasteiger partial charge in [-0.15, -0.1) is 0 Å². The van der Waals surface area contributed by atoms with E-state index in [0.717, 1.165) is 13.2 Å². The molecule has 2 aromatic carbocycles. The summed E-state index contributed by atoms with van der Waals surface area (Å²) in [5, 5.41) is 12.9. The van der Waals surface area contributed by atoms with Crippen LogP contribution in [0.5, 0.6) is 17.2 Å². The zero-order chi connectivity index (χ0) is 37.4. The molecule has 0 fully saturated rings. The number of methoxy groups -OCH3 is 1. The Bertz CT molecular complexity index is 1780. The summed E-state index contributed by atoms with van der Waals surface area (Å²) in [5.41, 5.74) is 4.26. The second-order valence-corrected chi connectivity index (χ2v) is 13.2. The van der Waals surface area contributed by atoms with Crippen LogP contribution in [0.15, 0.2) is 51.9 Å². The lowest BCUT2D eigenvalue weighted by atomic mass is 10.0. The predicted octanol–water partition coefficient (Wildman–Crippen LogP) is 4.27. The Hall–Kier alpha value is -5.44. The Morgan fingerprint density at radius 3 is 2.08 bits per heavy atom. The fraction of sp³-hybridized carbons (Fsp3) is 0.429. The molecule has 4 N–H and O–H groups in total. The molecule has 0 bridgehead atoms. The van der Waals surface area contributed by atoms with Gasteiger partial charge in [-0.3, -0.25) is 19.2 Å². The number of carbonyl (C=O) groups excluding carboxylic acids is 5. The normalized spacial score (nSPS) is 12.7. The predicted molar refractivity (Wildman–Crippen MR) is 178 cm³/mol. The molecule has 15 nitrogen and oxygen atoms in total. The summed E-state index contributed by atoms with van der Waals surface area (Å²) in [5.74, 6) is -3.22. The van der Waals surface area contributed by atoms with Crippen LogP contribution in [0.2, 0.25) is 0 Å². The van der Waals surface area contributed by atoms with Crippen LogP contribution in [-0.4, -0.2) is 65.5 Å². The lowest BCUT2D eigenvalue weighted by molar-refractivity contribution is -0.155. The van der Waals surface area contributed by atoms with E-state index in [4.69, 9.17) is 33.8 Å². The summed E-state index contributed by atoms with van der Waals surface area (Å²) in [6, 6.07) is 5.87. The van der Waals surface area contributed by atoms with E-state index >= 15 is 0 Å². The molecule has 0 spiro atoms. The van der Waals surface area contributed by atoms with Gasteiger partial charge in [0.25, 0.3) is 0 Å². The number of aromatic hydroxyl groups is 1. The minimum atomic E-state index is -1.21. The largest absolute Gasteiger partial charge is 0.514 e. The number of phenolic OH excluding ortho intramolecular Hbond substituents is 1. The van der Waals surface area contributed by atoms with Gasteiger partial charge < -0.3 is 44.3 Å². The van der Waals surface area contributed by atoms with Crippen LogP contribution in [0, 0.1) is 0 Å². The Labute approximate surface area is 287 Å². The molecule has 3 aromatic rings. The third-order valence-corrected chi connectivity index (χ3v) is 6.67. The van der Waals surface area contributed by atoms with E-state index in [9.17, 15) is 33.9 Å². The molecule has 2 atom stereocenters. The molecular formula is C35H42N2O13. The van der Waals surface area contributed by atoms with Gasteiger partial charge in [0, 0.05) is 25.0 Å². The van der Waals surface area contributed by atoms with Crippen molar-refractivity contribution < 1.29 is 57.2 Å². The van der Waals surface area contributed by atoms with Crippen molar-refractivity contribution in [3.8, 4) is 28.4 Å². The number of carbonyl (C=O) groups is 5. The SMILES string of the molecule is COC(=O)[C@@H](CCC(=O)Oc1ccc(-c2coc3cc(OC(=O)OC(C)(C)C)cc(O)c3c2=O)cc1)NC(=O)[C@H](N)CCC(=O)OC(C)(C)C. The minimum absolute atomic E-state index is 0.0271. The van der Waals surface area contributed by atoms with Crippen molar-refractivity contribution >= 4 is 40.9 Å². The quantitative estimate of drug-likeness (QED) is 0.104.